The number of nitro benzene ring substituents is 1. The predicted molar refractivity (Wildman–Crippen MR) is 184 cm³/mol. The number of amides is 1. The van der Waals surface area contributed by atoms with Crippen LogP contribution in [0.1, 0.15) is 48.0 Å². The van der Waals surface area contributed by atoms with Crippen molar-refractivity contribution in [1.29, 1.82) is 0 Å². The van der Waals surface area contributed by atoms with Crippen molar-refractivity contribution in [3.8, 4) is 11.1 Å². The molecule has 0 radical (unpaired) electrons. The highest BCUT2D eigenvalue weighted by Gasteiger charge is 2.26. The molecule has 2 aliphatic rings. The van der Waals surface area contributed by atoms with E-state index in [1.165, 1.54) is 28.8 Å². The van der Waals surface area contributed by atoms with Gasteiger partial charge in [-0.25, -0.2) is 13.1 Å². The number of hydrogen-bond donors (Lipinski definition) is 2. The summed E-state index contributed by atoms with van der Waals surface area (Å²) in [6, 6.07) is 29.6. The smallest absolute Gasteiger partial charge is 0.293 e. The molecule has 1 amide bonds. The topological polar surface area (TPSA) is 125 Å². The van der Waals surface area contributed by atoms with E-state index >= 15 is 0 Å². The Hall–Kier alpha value is -4.74. The van der Waals surface area contributed by atoms with Crippen molar-refractivity contribution in [2.24, 2.45) is 0 Å². The summed E-state index contributed by atoms with van der Waals surface area (Å²) in [6.07, 6.45) is 5.06. The Bertz CT molecular complexity index is 1820. The SMILES string of the molecule is O=C(NS(=O)(=O)c1ccc(NC2CCCCC2)c([N+](=O)[O-])c1)c1ccc(N2CCN(Cc3ccccc3-c3ccccc3)CC2)cc1. The van der Waals surface area contributed by atoms with Crippen molar-refractivity contribution in [1.82, 2.24) is 9.62 Å². The normalized spacial score (nSPS) is 16.0. The van der Waals surface area contributed by atoms with Crippen LogP contribution in [-0.2, 0) is 16.6 Å². The Labute approximate surface area is 275 Å². The Balaban J connectivity index is 1.06. The first-order valence-electron chi connectivity index (χ1n) is 16.1. The fourth-order valence-electron chi connectivity index (χ4n) is 6.44. The largest absolute Gasteiger partial charge is 0.377 e. The van der Waals surface area contributed by atoms with E-state index in [4.69, 9.17) is 0 Å². The highest BCUT2D eigenvalue weighted by atomic mass is 32.2. The first-order valence-corrected chi connectivity index (χ1v) is 17.6. The molecule has 47 heavy (non-hydrogen) atoms. The van der Waals surface area contributed by atoms with Gasteiger partial charge in [-0.1, -0.05) is 73.9 Å². The summed E-state index contributed by atoms with van der Waals surface area (Å²) in [6.45, 7) is 4.25. The molecular formula is C36H39N5O5S. The lowest BCUT2D eigenvalue weighted by Gasteiger charge is -2.36. The minimum Gasteiger partial charge on any atom is -0.377 e. The van der Waals surface area contributed by atoms with E-state index in [-0.39, 0.29) is 27.9 Å². The number of anilines is 2. The highest BCUT2D eigenvalue weighted by molar-refractivity contribution is 7.90. The van der Waals surface area contributed by atoms with Gasteiger partial charge in [0.05, 0.1) is 9.82 Å². The van der Waals surface area contributed by atoms with Crippen LogP contribution in [0.5, 0.6) is 0 Å². The number of carbonyl (C=O) groups is 1. The Kier molecular flexibility index (Phi) is 9.84. The van der Waals surface area contributed by atoms with Crippen LogP contribution in [0.3, 0.4) is 0 Å². The van der Waals surface area contributed by atoms with Gasteiger partial charge in [-0.3, -0.25) is 19.8 Å². The summed E-state index contributed by atoms with van der Waals surface area (Å²) in [7, 11) is -4.34. The number of sulfonamides is 1. The molecule has 0 spiro atoms. The molecule has 6 rings (SSSR count). The minimum absolute atomic E-state index is 0.110. The van der Waals surface area contributed by atoms with Crippen molar-refractivity contribution in [2.45, 2.75) is 49.6 Å². The molecule has 0 bridgehead atoms. The predicted octanol–water partition coefficient (Wildman–Crippen LogP) is 6.45. The Morgan fingerprint density at radius 1 is 0.830 bits per heavy atom. The van der Waals surface area contributed by atoms with E-state index < -0.39 is 20.9 Å². The molecule has 1 saturated carbocycles. The molecule has 0 aromatic heterocycles. The van der Waals surface area contributed by atoms with Gasteiger partial charge in [-0.15, -0.1) is 0 Å². The van der Waals surface area contributed by atoms with Crippen LogP contribution in [-0.4, -0.2) is 56.4 Å². The molecule has 0 atom stereocenters. The second-order valence-corrected chi connectivity index (χ2v) is 13.9. The van der Waals surface area contributed by atoms with Crippen molar-refractivity contribution in [2.75, 3.05) is 36.4 Å². The number of piperazine rings is 1. The summed E-state index contributed by atoms with van der Waals surface area (Å²) in [5.41, 5.74) is 4.81. The molecule has 1 saturated heterocycles. The molecule has 4 aromatic carbocycles. The van der Waals surface area contributed by atoms with E-state index in [0.717, 1.165) is 76.6 Å². The maximum atomic E-state index is 13.1. The third-order valence-corrected chi connectivity index (χ3v) is 10.4. The lowest BCUT2D eigenvalue weighted by molar-refractivity contribution is -0.384. The molecule has 244 valence electrons. The molecule has 2 N–H and O–H groups in total. The molecule has 2 fully saturated rings. The van der Waals surface area contributed by atoms with Crippen LogP contribution >= 0.6 is 0 Å². The zero-order valence-corrected chi connectivity index (χ0v) is 27.0. The zero-order valence-electron chi connectivity index (χ0n) is 26.2. The molecule has 1 aliphatic heterocycles. The Morgan fingerprint density at radius 3 is 2.21 bits per heavy atom. The molecule has 1 heterocycles. The molecule has 1 aliphatic carbocycles. The van der Waals surface area contributed by atoms with Gasteiger partial charge in [0.15, 0.2) is 0 Å². The van der Waals surface area contributed by atoms with E-state index in [9.17, 15) is 23.3 Å². The van der Waals surface area contributed by atoms with Crippen LogP contribution in [0.15, 0.2) is 102 Å². The van der Waals surface area contributed by atoms with Gasteiger partial charge in [-0.05, 0) is 65.9 Å². The zero-order chi connectivity index (χ0) is 32.8. The van der Waals surface area contributed by atoms with Crippen LogP contribution in [0.4, 0.5) is 17.1 Å². The third kappa shape index (κ3) is 7.81. The van der Waals surface area contributed by atoms with E-state index in [1.807, 2.05) is 18.2 Å². The third-order valence-electron chi connectivity index (χ3n) is 9.03. The van der Waals surface area contributed by atoms with Gasteiger partial charge in [0.1, 0.15) is 5.69 Å². The fraction of sp³-hybridized carbons (Fsp3) is 0.306. The van der Waals surface area contributed by atoms with E-state index in [2.05, 4.69) is 68.4 Å². The summed E-state index contributed by atoms with van der Waals surface area (Å²) >= 11 is 0. The Morgan fingerprint density at radius 2 is 1.51 bits per heavy atom. The average molecular weight is 654 g/mol. The van der Waals surface area contributed by atoms with E-state index in [1.54, 1.807) is 12.1 Å². The summed E-state index contributed by atoms with van der Waals surface area (Å²) in [4.78, 5) is 28.5. The first kappa shape index (κ1) is 32.2. The summed E-state index contributed by atoms with van der Waals surface area (Å²) in [5, 5.41) is 15.0. The monoisotopic (exact) mass is 653 g/mol. The second kappa shape index (κ2) is 14.4. The maximum Gasteiger partial charge on any atom is 0.293 e. The van der Waals surface area contributed by atoms with Gasteiger partial charge in [0, 0.05) is 56.1 Å². The van der Waals surface area contributed by atoms with Crippen LogP contribution in [0, 0.1) is 10.1 Å². The van der Waals surface area contributed by atoms with Gasteiger partial charge >= 0.3 is 0 Å². The molecule has 11 heteroatoms. The minimum atomic E-state index is -4.34. The van der Waals surface area contributed by atoms with Crippen molar-refractivity contribution >= 4 is 33.0 Å². The number of nitro groups is 1. The van der Waals surface area contributed by atoms with Crippen molar-refractivity contribution in [3.05, 3.63) is 118 Å². The lowest BCUT2D eigenvalue weighted by Crippen LogP contribution is -2.46. The van der Waals surface area contributed by atoms with Crippen LogP contribution in [0.25, 0.3) is 11.1 Å². The lowest BCUT2D eigenvalue weighted by atomic mass is 9.95. The summed E-state index contributed by atoms with van der Waals surface area (Å²) in [5.74, 6) is -0.800. The number of carbonyl (C=O) groups excluding carboxylic acids is 1. The fourth-order valence-corrected chi connectivity index (χ4v) is 7.44. The number of nitrogens with one attached hydrogen (secondary N) is 2. The van der Waals surface area contributed by atoms with Gasteiger partial charge < -0.3 is 10.2 Å². The van der Waals surface area contributed by atoms with Crippen molar-refractivity contribution in [3.63, 3.8) is 0 Å². The van der Waals surface area contributed by atoms with Gasteiger partial charge in [0.25, 0.3) is 21.6 Å². The molecule has 10 nitrogen and oxygen atoms in total. The average Bonchev–Trinajstić information content (AvgIpc) is 3.09. The van der Waals surface area contributed by atoms with Gasteiger partial charge in [-0.2, -0.15) is 0 Å². The maximum absolute atomic E-state index is 13.1. The van der Waals surface area contributed by atoms with Crippen LogP contribution in [0.2, 0.25) is 0 Å². The number of hydrogen-bond acceptors (Lipinski definition) is 8. The second-order valence-electron chi connectivity index (χ2n) is 12.2. The van der Waals surface area contributed by atoms with Gasteiger partial charge in [0.2, 0.25) is 0 Å². The summed E-state index contributed by atoms with van der Waals surface area (Å²) < 4.78 is 28.2. The molecular weight excluding hydrogens is 614 g/mol. The first-order chi connectivity index (χ1) is 22.8. The molecule has 4 aromatic rings. The van der Waals surface area contributed by atoms with Crippen molar-refractivity contribution < 1.29 is 18.1 Å². The number of benzene rings is 4. The van der Waals surface area contributed by atoms with Crippen LogP contribution < -0.4 is 14.9 Å². The molecule has 0 unspecified atom stereocenters. The number of nitrogens with zero attached hydrogens (tertiary/aromatic N) is 3. The quantitative estimate of drug-likeness (QED) is 0.148. The standard InChI is InChI=1S/C36H39N5O5S/c42-36(38-47(45,46)32-19-20-34(35(25-32)41(43)44)37-30-12-5-2-6-13-30)28-15-17-31(18-16-28)40-23-21-39(22-24-40)26-29-11-7-8-14-33(29)27-9-3-1-4-10-27/h1,3-4,7-11,14-20,25,30,37H,2,5-6,12-13,21-24,26H2,(H,38,42). The van der Waals surface area contributed by atoms with E-state index in [0.29, 0.717) is 0 Å². The number of rotatable bonds is 10. The highest BCUT2D eigenvalue weighted by Crippen LogP contribution is 2.31.